The smallest absolute Gasteiger partial charge is 0.310 e. The van der Waals surface area contributed by atoms with Crippen molar-refractivity contribution in [2.75, 3.05) is 20.8 Å². The molecule has 2 aliphatic rings. The lowest BCUT2D eigenvalue weighted by molar-refractivity contribution is -0.139. The molecular weight excluding hydrogens is 417 g/mol. The third-order valence-corrected chi connectivity index (χ3v) is 6.81. The standard InChI is InChI=1S/C28H32FNO3/c1-28(2)12-11-24(30-17-19-6-7-19)27-22(28)13-20(15-25(27)32-3)8-5-18-9-10-21(23(29)14-18)16-26(31)33-4/h9-10,13-15,19,24,30H,6-7,11-12,16-17H2,1-4H3. The van der Waals surface area contributed by atoms with E-state index in [2.05, 4.69) is 41.8 Å². The maximum atomic E-state index is 14.4. The highest BCUT2D eigenvalue weighted by molar-refractivity contribution is 5.72. The molecule has 2 aromatic rings. The molecule has 0 radical (unpaired) electrons. The SMILES string of the molecule is COC(=O)Cc1ccc(C#Cc2cc(OC)c3c(c2)C(C)(C)CCC3NCC2CC2)cc1F. The summed E-state index contributed by atoms with van der Waals surface area (Å²) in [4.78, 5) is 11.4. The van der Waals surface area contributed by atoms with E-state index in [1.54, 1.807) is 19.2 Å². The molecule has 0 saturated heterocycles. The number of fused-ring (bicyclic) bond motifs is 1. The van der Waals surface area contributed by atoms with Gasteiger partial charge in [0, 0.05) is 22.7 Å². The van der Waals surface area contributed by atoms with Gasteiger partial charge in [0.15, 0.2) is 0 Å². The second kappa shape index (κ2) is 9.57. The van der Waals surface area contributed by atoms with E-state index >= 15 is 0 Å². The Bertz CT molecular complexity index is 1110. The molecule has 0 heterocycles. The second-order valence-corrected chi connectivity index (χ2v) is 9.78. The van der Waals surface area contributed by atoms with Crippen LogP contribution in [0.4, 0.5) is 4.39 Å². The number of ether oxygens (including phenoxy) is 2. The number of halogens is 1. The van der Waals surface area contributed by atoms with Gasteiger partial charge in [-0.05, 0) is 79.0 Å². The third-order valence-electron chi connectivity index (χ3n) is 6.81. The van der Waals surface area contributed by atoms with Crippen molar-refractivity contribution in [3.05, 3.63) is 64.0 Å². The van der Waals surface area contributed by atoms with E-state index in [0.29, 0.717) is 17.2 Å². The van der Waals surface area contributed by atoms with Gasteiger partial charge < -0.3 is 14.8 Å². The number of esters is 1. The van der Waals surface area contributed by atoms with Gasteiger partial charge in [-0.15, -0.1) is 0 Å². The zero-order chi connectivity index (χ0) is 23.6. The molecule has 4 nitrogen and oxygen atoms in total. The highest BCUT2D eigenvalue weighted by Crippen LogP contribution is 2.46. The average molecular weight is 450 g/mol. The second-order valence-electron chi connectivity index (χ2n) is 9.78. The van der Waals surface area contributed by atoms with Gasteiger partial charge in [-0.1, -0.05) is 31.8 Å². The van der Waals surface area contributed by atoms with Crippen LogP contribution in [0, 0.1) is 23.6 Å². The highest BCUT2D eigenvalue weighted by Gasteiger charge is 2.36. The van der Waals surface area contributed by atoms with Crippen molar-refractivity contribution < 1.29 is 18.7 Å². The van der Waals surface area contributed by atoms with E-state index in [1.807, 2.05) is 6.07 Å². The van der Waals surface area contributed by atoms with Crippen molar-refractivity contribution in [2.24, 2.45) is 5.92 Å². The Morgan fingerprint density at radius 1 is 1.12 bits per heavy atom. The Balaban J connectivity index is 1.63. The fourth-order valence-corrected chi connectivity index (χ4v) is 4.55. The summed E-state index contributed by atoms with van der Waals surface area (Å²) < 4.78 is 24.8. The van der Waals surface area contributed by atoms with E-state index in [4.69, 9.17) is 4.74 Å². The molecule has 1 saturated carbocycles. The highest BCUT2D eigenvalue weighted by atomic mass is 19.1. The number of hydrogen-bond donors (Lipinski definition) is 1. The first-order valence-electron chi connectivity index (χ1n) is 11.6. The summed E-state index contributed by atoms with van der Waals surface area (Å²) in [5.41, 5.74) is 4.25. The summed E-state index contributed by atoms with van der Waals surface area (Å²) in [7, 11) is 3.00. The molecule has 0 spiro atoms. The van der Waals surface area contributed by atoms with Crippen molar-refractivity contribution >= 4 is 5.97 Å². The number of nitrogens with one attached hydrogen (secondary N) is 1. The van der Waals surface area contributed by atoms with Crippen LogP contribution >= 0.6 is 0 Å². The van der Waals surface area contributed by atoms with Crippen LogP contribution in [0.2, 0.25) is 0 Å². The van der Waals surface area contributed by atoms with Gasteiger partial charge in [-0.2, -0.15) is 0 Å². The van der Waals surface area contributed by atoms with E-state index < -0.39 is 11.8 Å². The predicted octanol–water partition coefficient (Wildman–Crippen LogP) is 5.06. The molecule has 2 aromatic carbocycles. The first-order chi connectivity index (χ1) is 15.8. The Kier molecular flexibility index (Phi) is 6.76. The Labute approximate surface area is 195 Å². The molecule has 1 N–H and O–H groups in total. The van der Waals surface area contributed by atoms with Crippen LogP contribution in [0.5, 0.6) is 5.75 Å². The summed E-state index contributed by atoms with van der Waals surface area (Å²) in [5.74, 6) is 7.00. The van der Waals surface area contributed by atoms with Crippen LogP contribution < -0.4 is 10.1 Å². The molecule has 0 aliphatic heterocycles. The first-order valence-corrected chi connectivity index (χ1v) is 11.6. The molecule has 0 bridgehead atoms. The van der Waals surface area contributed by atoms with Gasteiger partial charge in [0.05, 0.1) is 20.6 Å². The third kappa shape index (κ3) is 5.39. The minimum absolute atomic E-state index is 0.0275. The number of carbonyl (C=O) groups is 1. The lowest BCUT2D eigenvalue weighted by Crippen LogP contribution is -2.34. The summed E-state index contributed by atoms with van der Waals surface area (Å²) >= 11 is 0. The number of benzene rings is 2. The zero-order valence-electron chi connectivity index (χ0n) is 19.9. The first kappa shape index (κ1) is 23.3. The summed E-state index contributed by atoms with van der Waals surface area (Å²) in [6, 6.07) is 9.12. The monoisotopic (exact) mass is 449 g/mol. The topological polar surface area (TPSA) is 47.6 Å². The number of carbonyl (C=O) groups excluding carboxylic acids is 1. The minimum Gasteiger partial charge on any atom is -0.496 e. The van der Waals surface area contributed by atoms with Gasteiger partial charge in [-0.3, -0.25) is 4.79 Å². The average Bonchev–Trinajstić information content (AvgIpc) is 3.63. The van der Waals surface area contributed by atoms with Crippen molar-refractivity contribution in [1.29, 1.82) is 0 Å². The molecule has 5 heteroatoms. The van der Waals surface area contributed by atoms with Gasteiger partial charge >= 0.3 is 5.97 Å². The maximum absolute atomic E-state index is 14.4. The van der Waals surface area contributed by atoms with Crippen molar-refractivity contribution in [2.45, 2.75) is 57.4 Å². The van der Waals surface area contributed by atoms with Crippen molar-refractivity contribution in [3.8, 4) is 17.6 Å². The van der Waals surface area contributed by atoms with Crippen molar-refractivity contribution in [3.63, 3.8) is 0 Å². The maximum Gasteiger partial charge on any atom is 0.310 e. The Morgan fingerprint density at radius 2 is 1.88 bits per heavy atom. The van der Waals surface area contributed by atoms with Crippen LogP contribution in [-0.2, 0) is 21.4 Å². The van der Waals surface area contributed by atoms with Crippen LogP contribution in [0.15, 0.2) is 30.3 Å². The van der Waals surface area contributed by atoms with Crippen LogP contribution in [0.3, 0.4) is 0 Å². The lowest BCUT2D eigenvalue weighted by atomic mass is 9.70. The largest absolute Gasteiger partial charge is 0.496 e. The molecule has 1 atom stereocenters. The van der Waals surface area contributed by atoms with Gasteiger partial charge in [0.25, 0.3) is 0 Å². The normalized spacial score (nSPS) is 18.6. The zero-order valence-corrected chi connectivity index (χ0v) is 19.9. The number of rotatable bonds is 6. The van der Waals surface area contributed by atoms with Crippen LogP contribution in [0.1, 0.15) is 73.4 Å². The summed E-state index contributed by atoms with van der Waals surface area (Å²) in [6.45, 7) is 5.61. The van der Waals surface area contributed by atoms with Crippen LogP contribution in [-0.4, -0.2) is 26.7 Å². The van der Waals surface area contributed by atoms with Crippen LogP contribution in [0.25, 0.3) is 0 Å². The van der Waals surface area contributed by atoms with Crippen molar-refractivity contribution in [1.82, 2.24) is 5.32 Å². The van der Waals surface area contributed by atoms with E-state index in [-0.39, 0.29) is 11.8 Å². The fraction of sp³-hybridized carbons (Fsp3) is 0.464. The molecule has 0 amide bonds. The van der Waals surface area contributed by atoms with Gasteiger partial charge in [0.2, 0.25) is 0 Å². The molecule has 1 fully saturated rings. The predicted molar refractivity (Wildman–Crippen MR) is 127 cm³/mol. The molecule has 0 aromatic heterocycles. The molecule has 2 aliphatic carbocycles. The van der Waals surface area contributed by atoms with Gasteiger partial charge in [-0.25, -0.2) is 4.39 Å². The van der Waals surface area contributed by atoms with E-state index in [9.17, 15) is 9.18 Å². The Hall–Kier alpha value is -2.84. The van der Waals surface area contributed by atoms with E-state index in [1.165, 1.54) is 37.1 Å². The number of hydrogen-bond acceptors (Lipinski definition) is 4. The number of methoxy groups -OCH3 is 2. The summed E-state index contributed by atoms with van der Waals surface area (Å²) in [5, 5.41) is 3.77. The van der Waals surface area contributed by atoms with E-state index in [0.717, 1.165) is 36.6 Å². The molecule has 33 heavy (non-hydrogen) atoms. The molecule has 4 rings (SSSR count). The summed E-state index contributed by atoms with van der Waals surface area (Å²) in [6.07, 6.45) is 4.74. The minimum atomic E-state index is -0.471. The molecular formula is C28H32FNO3. The fourth-order valence-electron chi connectivity index (χ4n) is 4.55. The lowest BCUT2D eigenvalue weighted by Gasteiger charge is -2.38. The molecule has 174 valence electrons. The quantitative estimate of drug-likeness (QED) is 0.495. The Morgan fingerprint density at radius 3 is 2.55 bits per heavy atom. The van der Waals surface area contributed by atoms with Gasteiger partial charge in [0.1, 0.15) is 11.6 Å². The molecule has 1 unspecified atom stereocenters.